The van der Waals surface area contributed by atoms with Crippen molar-refractivity contribution < 1.29 is 14.6 Å². The Morgan fingerprint density at radius 1 is 1.15 bits per heavy atom. The van der Waals surface area contributed by atoms with Crippen molar-refractivity contribution in [2.75, 3.05) is 33.0 Å². The fourth-order valence-corrected chi connectivity index (χ4v) is 2.69. The molecule has 0 aromatic rings. The maximum atomic E-state index is 9.85. The molecule has 1 saturated carbocycles. The number of nitrogens with one attached hydrogen (secondary N) is 1. The van der Waals surface area contributed by atoms with Crippen LogP contribution in [0.4, 0.5) is 0 Å². The summed E-state index contributed by atoms with van der Waals surface area (Å²) in [6.07, 6.45) is 7.22. The maximum absolute atomic E-state index is 9.85. The Morgan fingerprint density at radius 3 is 2.55 bits per heavy atom. The van der Waals surface area contributed by atoms with E-state index in [1.807, 2.05) is 0 Å². The van der Waals surface area contributed by atoms with Crippen molar-refractivity contribution in [2.45, 2.75) is 64.5 Å². The summed E-state index contributed by atoms with van der Waals surface area (Å²) in [6, 6.07) is 0.504. The molecule has 0 aromatic heterocycles. The number of aliphatic hydroxyl groups is 1. The van der Waals surface area contributed by atoms with Crippen LogP contribution in [0.15, 0.2) is 0 Å². The SMILES string of the molecule is CCCCOCCOCC(O)CN[C@@H](C)C1CCCC1. The van der Waals surface area contributed by atoms with Crippen molar-refractivity contribution in [3.05, 3.63) is 0 Å². The topological polar surface area (TPSA) is 50.7 Å². The molecule has 0 aliphatic heterocycles. The Labute approximate surface area is 124 Å². The fraction of sp³-hybridized carbons (Fsp3) is 1.00. The molecule has 4 heteroatoms. The average molecular weight is 287 g/mol. The zero-order chi connectivity index (χ0) is 14.6. The molecular formula is C16H33NO3. The van der Waals surface area contributed by atoms with Gasteiger partial charge in [-0.3, -0.25) is 0 Å². The van der Waals surface area contributed by atoms with E-state index in [2.05, 4.69) is 19.2 Å². The predicted octanol–water partition coefficient (Wildman–Crippen LogP) is 2.35. The highest BCUT2D eigenvalue weighted by Crippen LogP contribution is 2.27. The Hall–Kier alpha value is -0.160. The largest absolute Gasteiger partial charge is 0.389 e. The van der Waals surface area contributed by atoms with Gasteiger partial charge in [0.1, 0.15) is 0 Å². The predicted molar refractivity (Wildman–Crippen MR) is 82.0 cm³/mol. The molecule has 2 atom stereocenters. The van der Waals surface area contributed by atoms with Crippen LogP contribution in [0.5, 0.6) is 0 Å². The van der Waals surface area contributed by atoms with Crippen LogP contribution in [-0.4, -0.2) is 50.2 Å². The van der Waals surface area contributed by atoms with Crippen molar-refractivity contribution >= 4 is 0 Å². The molecule has 0 radical (unpaired) electrons. The quantitative estimate of drug-likeness (QED) is 0.541. The van der Waals surface area contributed by atoms with Crippen LogP contribution < -0.4 is 5.32 Å². The second-order valence-electron chi connectivity index (χ2n) is 5.94. The van der Waals surface area contributed by atoms with E-state index in [9.17, 15) is 5.11 Å². The van der Waals surface area contributed by atoms with E-state index in [-0.39, 0.29) is 0 Å². The Morgan fingerprint density at radius 2 is 1.85 bits per heavy atom. The third-order valence-electron chi connectivity index (χ3n) is 4.11. The average Bonchev–Trinajstić information content (AvgIpc) is 2.98. The second-order valence-corrected chi connectivity index (χ2v) is 5.94. The number of unbranched alkanes of at least 4 members (excludes halogenated alkanes) is 1. The van der Waals surface area contributed by atoms with Gasteiger partial charge in [0.25, 0.3) is 0 Å². The van der Waals surface area contributed by atoms with Gasteiger partial charge < -0.3 is 19.9 Å². The third-order valence-corrected chi connectivity index (χ3v) is 4.11. The van der Waals surface area contributed by atoms with Crippen LogP contribution in [-0.2, 0) is 9.47 Å². The second kappa shape index (κ2) is 11.5. The molecule has 0 heterocycles. The molecule has 0 saturated heterocycles. The lowest BCUT2D eigenvalue weighted by atomic mass is 10.00. The van der Waals surface area contributed by atoms with Gasteiger partial charge in [-0.25, -0.2) is 0 Å². The number of ether oxygens (including phenoxy) is 2. The molecule has 1 aliphatic rings. The Bertz CT molecular complexity index is 220. The molecule has 0 spiro atoms. The van der Waals surface area contributed by atoms with Crippen molar-refractivity contribution in [3.8, 4) is 0 Å². The van der Waals surface area contributed by atoms with Gasteiger partial charge in [0.15, 0.2) is 0 Å². The molecule has 120 valence electrons. The standard InChI is InChI=1S/C16H33NO3/c1-3-4-9-19-10-11-20-13-16(18)12-17-14(2)15-7-5-6-8-15/h14-18H,3-13H2,1-2H3/t14-,16?/m0/s1. The summed E-state index contributed by atoms with van der Waals surface area (Å²) in [6.45, 7) is 7.39. The molecule has 2 N–H and O–H groups in total. The molecule has 1 aliphatic carbocycles. The first-order valence-corrected chi connectivity index (χ1v) is 8.31. The molecule has 1 rings (SSSR count). The van der Waals surface area contributed by atoms with Gasteiger partial charge in [-0.1, -0.05) is 26.2 Å². The summed E-state index contributed by atoms with van der Waals surface area (Å²) in [5.41, 5.74) is 0. The van der Waals surface area contributed by atoms with E-state index in [0.29, 0.717) is 32.4 Å². The molecule has 20 heavy (non-hydrogen) atoms. The van der Waals surface area contributed by atoms with E-state index in [1.54, 1.807) is 0 Å². The summed E-state index contributed by atoms with van der Waals surface area (Å²) < 4.78 is 10.8. The normalized spacial score (nSPS) is 19.4. The first-order chi connectivity index (χ1) is 9.74. The van der Waals surface area contributed by atoms with Gasteiger partial charge in [0.2, 0.25) is 0 Å². The van der Waals surface area contributed by atoms with Crippen molar-refractivity contribution in [3.63, 3.8) is 0 Å². The highest BCUT2D eigenvalue weighted by atomic mass is 16.5. The van der Waals surface area contributed by atoms with Crippen molar-refractivity contribution in [1.82, 2.24) is 5.32 Å². The highest BCUT2D eigenvalue weighted by Gasteiger charge is 2.21. The minimum absolute atomic E-state index is 0.390. The lowest BCUT2D eigenvalue weighted by Gasteiger charge is -2.22. The van der Waals surface area contributed by atoms with Gasteiger partial charge >= 0.3 is 0 Å². The Balaban J connectivity index is 1.90. The van der Waals surface area contributed by atoms with E-state index < -0.39 is 6.10 Å². The fourth-order valence-electron chi connectivity index (χ4n) is 2.69. The molecule has 1 unspecified atom stereocenters. The highest BCUT2D eigenvalue weighted by molar-refractivity contribution is 4.78. The van der Waals surface area contributed by atoms with E-state index in [4.69, 9.17) is 9.47 Å². The first kappa shape index (κ1) is 17.9. The molecule has 4 nitrogen and oxygen atoms in total. The minimum Gasteiger partial charge on any atom is -0.389 e. The lowest BCUT2D eigenvalue weighted by molar-refractivity contribution is 0.00287. The molecule has 0 amide bonds. The summed E-state index contributed by atoms with van der Waals surface area (Å²) in [7, 11) is 0. The van der Waals surface area contributed by atoms with Crippen LogP contribution in [0.3, 0.4) is 0 Å². The monoisotopic (exact) mass is 287 g/mol. The summed E-state index contributed by atoms with van der Waals surface area (Å²) >= 11 is 0. The van der Waals surface area contributed by atoms with E-state index in [0.717, 1.165) is 25.4 Å². The Kier molecular flexibility index (Phi) is 10.3. The number of rotatable bonds is 12. The number of hydrogen-bond donors (Lipinski definition) is 2. The molecule has 0 bridgehead atoms. The van der Waals surface area contributed by atoms with Gasteiger partial charge in [-0.15, -0.1) is 0 Å². The van der Waals surface area contributed by atoms with Gasteiger partial charge in [-0.05, 0) is 32.1 Å². The van der Waals surface area contributed by atoms with Gasteiger partial charge in [0, 0.05) is 19.2 Å². The summed E-state index contributed by atoms with van der Waals surface area (Å²) in [5.74, 6) is 0.787. The van der Waals surface area contributed by atoms with Crippen LogP contribution in [0, 0.1) is 5.92 Å². The number of aliphatic hydroxyl groups excluding tert-OH is 1. The zero-order valence-electron chi connectivity index (χ0n) is 13.3. The first-order valence-electron chi connectivity index (χ1n) is 8.31. The smallest absolute Gasteiger partial charge is 0.0897 e. The summed E-state index contributed by atoms with van der Waals surface area (Å²) in [5, 5.41) is 13.3. The van der Waals surface area contributed by atoms with Crippen molar-refractivity contribution in [2.24, 2.45) is 5.92 Å². The van der Waals surface area contributed by atoms with Gasteiger partial charge in [0.05, 0.1) is 25.9 Å². The third kappa shape index (κ3) is 8.20. The van der Waals surface area contributed by atoms with Crippen LogP contribution in [0.25, 0.3) is 0 Å². The van der Waals surface area contributed by atoms with Gasteiger partial charge in [-0.2, -0.15) is 0 Å². The number of hydrogen-bond acceptors (Lipinski definition) is 4. The van der Waals surface area contributed by atoms with Crippen LogP contribution in [0.2, 0.25) is 0 Å². The molecule has 1 fully saturated rings. The lowest BCUT2D eigenvalue weighted by Crippen LogP contribution is -2.39. The van der Waals surface area contributed by atoms with Crippen molar-refractivity contribution in [1.29, 1.82) is 0 Å². The maximum Gasteiger partial charge on any atom is 0.0897 e. The van der Waals surface area contributed by atoms with Crippen LogP contribution in [0.1, 0.15) is 52.4 Å². The molecular weight excluding hydrogens is 254 g/mol. The minimum atomic E-state index is -0.422. The van der Waals surface area contributed by atoms with Crippen LogP contribution >= 0.6 is 0 Å². The zero-order valence-corrected chi connectivity index (χ0v) is 13.3. The summed E-state index contributed by atoms with van der Waals surface area (Å²) in [4.78, 5) is 0. The van der Waals surface area contributed by atoms with E-state index in [1.165, 1.54) is 25.7 Å². The molecule has 0 aromatic carbocycles. The van der Waals surface area contributed by atoms with E-state index >= 15 is 0 Å².